The molecule has 0 atom stereocenters. The van der Waals surface area contributed by atoms with Gasteiger partial charge < -0.3 is 14.5 Å². The minimum atomic E-state index is -0.510. The number of aryl methyl sites for hydroxylation is 3. The normalized spacial score (nSPS) is 10.4. The van der Waals surface area contributed by atoms with Gasteiger partial charge in [0.1, 0.15) is 6.61 Å². The number of alkyl halides is 1. The number of amides is 1. The van der Waals surface area contributed by atoms with Crippen LogP contribution >= 0.6 is 24.0 Å². The number of hydrogen-bond acceptors (Lipinski definition) is 4. The van der Waals surface area contributed by atoms with Gasteiger partial charge in [0.2, 0.25) is 0 Å². The lowest BCUT2D eigenvalue weighted by Crippen LogP contribution is -2.17. The minimum Gasteiger partial charge on any atom is -0.448 e. The van der Waals surface area contributed by atoms with Crippen molar-refractivity contribution < 1.29 is 9.53 Å². The van der Waals surface area contributed by atoms with Gasteiger partial charge in [-0.15, -0.1) is 24.0 Å². The van der Waals surface area contributed by atoms with Crippen LogP contribution in [0.3, 0.4) is 0 Å². The molecular formula is C20H24Cl2N4O2. The molecule has 3 aromatic rings. The number of benzene rings is 1. The smallest absolute Gasteiger partial charge is 0.411 e. The second kappa shape index (κ2) is 9.66. The highest BCUT2D eigenvalue weighted by Gasteiger charge is 2.12. The van der Waals surface area contributed by atoms with Crippen LogP contribution in [0.25, 0.3) is 5.65 Å². The summed E-state index contributed by atoms with van der Waals surface area (Å²) in [5.74, 6) is 0.267. The number of nitrogens with zero attached hydrogens (tertiary/aromatic N) is 2. The lowest BCUT2D eigenvalue weighted by atomic mass is 10.1. The van der Waals surface area contributed by atoms with Crippen molar-refractivity contribution in [2.24, 2.45) is 0 Å². The van der Waals surface area contributed by atoms with Crippen molar-refractivity contribution in [3.8, 4) is 0 Å². The number of pyridine rings is 1. The van der Waals surface area contributed by atoms with E-state index in [1.165, 1.54) is 0 Å². The molecule has 0 fully saturated rings. The predicted molar refractivity (Wildman–Crippen MR) is 116 cm³/mol. The van der Waals surface area contributed by atoms with Crippen LogP contribution < -0.4 is 10.6 Å². The Morgan fingerprint density at radius 1 is 1.18 bits per heavy atom. The average molecular weight is 423 g/mol. The van der Waals surface area contributed by atoms with Gasteiger partial charge >= 0.3 is 6.09 Å². The standard InChI is InChI=1S/C20H23ClN4O2.ClH/c1-13-6-4-7-17(24-20(26)27-11-9-21)16(13)12-22-18-8-5-10-25-15(3)14(2)23-19(18)25;/h4-8,10,22H,9,11-12H2,1-3H3,(H,24,26);1H. The van der Waals surface area contributed by atoms with Crippen LogP contribution in [0.5, 0.6) is 0 Å². The van der Waals surface area contributed by atoms with Gasteiger partial charge in [0, 0.05) is 24.1 Å². The molecule has 0 saturated carbocycles. The SMILES string of the molecule is Cc1cccc(NC(=O)OCCCl)c1CNc1cccn2c(C)c(C)nc12.Cl. The molecule has 1 aromatic carbocycles. The number of halogens is 2. The highest BCUT2D eigenvalue weighted by Crippen LogP contribution is 2.24. The minimum absolute atomic E-state index is 0. The third kappa shape index (κ3) is 4.69. The van der Waals surface area contributed by atoms with Gasteiger partial charge in [-0.25, -0.2) is 9.78 Å². The highest BCUT2D eigenvalue weighted by molar-refractivity contribution is 6.18. The van der Waals surface area contributed by atoms with E-state index in [2.05, 4.69) is 26.9 Å². The maximum absolute atomic E-state index is 11.9. The van der Waals surface area contributed by atoms with Gasteiger partial charge in [-0.2, -0.15) is 0 Å². The Hall–Kier alpha value is -2.44. The molecule has 0 unspecified atom stereocenters. The molecule has 0 radical (unpaired) electrons. The molecule has 2 aromatic heterocycles. The van der Waals surface area contributed by atoms with Crippen LogP contribution in [0.4, 0.5) is 16.2 Å². The molecule has 28 heavy (non-hydrogen) atoms. The lowest BCUT2D eigenvalue weighted by molar-refractivity contribution is 0.168. The summed E-state index contributed by atoms with van der Waals surface area (Å²) in [4.78, 5) is 16.5. The average Bonchev–Trinajstić information content (AvgIpc) is 2.94. The van der Waals surface area contributed by atoms with Crippen molar-refractivity contribution in [3.63, 3.8) is 0 Å². The van der Waals surface area contributed by atoms with E-state index in [0.717, 1.165) is 33.8 Å². The summed E-state index contributed by atoms with van der Waals surface area (Å²) >= 11 is 5.56. The molecule has 0 aliphatic heterocycles. The summed E-state index contributed by atoms with van der Waals surface area (Å²) in [7, 11) is 0. The van der Waals surface area contributed by atoms with E-state index < -0.39 is 6.09 Å². The molecule has 0 saturated heterocycles. The second-order valence-electron chi connectivity index (χ2n) is 6.30. The molecule has 0 spiro atoms. The van der Waals surface area contributed by atoms with Gasteiger partial charge in [0.25, 0.3) is 0 Å². The quantitative estimate of drug-likeness (QED) is 0.543. The molecule has 6 nitrogen and oxygen atoms in total. The van der Waals surface area contributed by atoms with Gasteiger partial charge in [-0.1, -0.05) is 12.1 Å². The first-order valence-electron chi connectivity index (χ1n) is 8.77. The van der Waals surface area contributed by atoms with Crippen LogP contribution in [-0.2, 0) is 11.3 Å². The third-order valence-electron chi connectivity index (χ3n) is 4.54. The Bertz CT molecular complexity index is 972. The highest BCUT2D eigenvalue weighted by atomic mass is 35.5. The van der Waals surface area contributed by atoms with E-state index in [1.54, 1.807) is 0 Å². The molecular weight excluding hydrogens is 399 g/mol. The number of imidazole rings is 1. The molecule has 0 aliphatic rings. The Balaban J connectivity index is 0.00000280. The fraction of sp³-hybridized carbons (Fsp3) is 0.300. The van der Waals surface area contributed by atoms with Crippen LogP contribution in [0.1, 0.15) is 22.5 Å². The second-order valence-corrected chi connectivity index (χ2v) is 6.68. The number of carbonyl (C=O) groups excluding carboxylic acids is 1. The number of nitrogens with one attached hydrogen (secondary N) is 2. The fourth-order valence-corrected chi connectivity index (χ4v) is 3.03. The summed E-state index contributed by atoms with van der Waals surface area (Å²) < 4.78 is 7.08. The number of ether oxygens (including phenoxy) is 1. The summed E-state index contributed by atoms with van der Waals surface area (Å²) in [6.07, 6.45) is 1.49. The van der Waals surface area contributed by atoms with E-state index >= 15 is 0 Å². The summed E-state index contributed by atoms with van der Waals surface area (Å²) in [6.45, 7) is 6.78. The van der Waals surface area contributed by atoms with E-state index in [9.17, 15) is 4.79 Å². The zero-order chi connectivity index (χ0) is 19.4. The third-order valence-corrected chi connectivity index (χ3v) is 4.69. The maximum Gasteiger partial charge on any atom is 0.411 e. The monoisotopic (exact) mass is 422 g/mol. The number of anilines is 2. The molecule has 1 amide bonds. The van der Waals surface area contributed by atoms with Crippen LogP contribution in [0, 0.1) is 20.8 Å². The molecule has 0 bridgehead atoms. The fourth-order valence-electron chi connectivity index (χ4n) is 2.95. The molecule has 150 valence electrons. The van der Waals surface area contributed by atoms with E-state index in [4.69, 9.17) is 16.3 Å². The molecule has 8 heteroatoms. The van der Waals surface area contributed by atoms with Gasteiger partial charge in [-0.05, 0) is 50.1 Å². The topological polar surface area (TPSA) is 67.7 Å². The Morgan fingerprint density at radius 2 is 1.93 bits per heavy atom. The zero-order valence-electron chi connectivity index (χ0n) is 16.1. The van der Waals surface area contributed by atoms with E-state index in [1.807, 2.05) is 50.4 Å². The predicted octanol–water partition coefficient (Wildman–Crippen LogP) is 5.08. The van der Waals surface area contributed by atoms with E-state index in [0.29, 0.717) is 12.2 Å². The van der Waals surface area contributed by atoms with Gasteiger partial charge in [-0.3, -0.25) is 5.32 Å². The van der Waals surface area contributed by atoms with Crippen molar-refractivity contribution in [1.29, 1.82) is 0 Å². The summed E-state index contributed by atoms with van der Waals surface area (Å²) in [5, 5.41) is 6.24. The zero-order valence-corrected chi connectivity index (χ0v) is 17.7. The van der Waals surface area contributed by atoms with Gasteiger partial charge in [0.05, 0.1) is 17.3 Å². The van der Waals surface area contributed by atoms with Crippen molar-refractivity contribution in [2.45, 2.75) is 27.3 Å². The van der Waals surface area contributed by atoms with Crippen molar-refractivity contribution in [2.75, 3.05) is 23.1 Å². The summed E-state index contributed by atoms with van der Waals surface area (Å²) in [5.41, 5.74) is 6.72. The molecule has 2 N–H and O–H groups in total. The number of fused-ring (bicyclic) bond motifs is 1. The first kappa shape index (κ1) is 21.9. The van der Waals surface area contributed by atoms with Crippen LogP contribution in [0.15, 0.2) is 36.5 Å². The Morgan fingerprint density at radius 3 is 2.68 bits per heavy atom. The van der Waals surface area contributed by atoms with Crippen molar-refractivity contribution in [3.05, 3.63) is 59.0 Å². The van der Waals surface area contributed by atoms with Crippen molar-refractivity contribution >= 4 is 47.1 Å². The first-order chi connectivity index (χ1) is 13.0. The van der Waals surface area contributed by atoms with Crippen molar-refractivity contribution in [1.82, 2.24) is 9.38 Å². The van der Waals surface area contributed by atoms with Crippen LogP contribution in [0.2, 0.25) is 0 Å². The maximum atomic E-state index is 11.9. The number of carbonyl (C=O) groups is 1. The summed E-state index contributed by atoms with van der Waals surface area (Å²) in [6, 6.07) is 9.76. The first-order valence-corrected chi connectivity index (χ1v) is 9.31. The number of aromatic nitrogens is 2. The Labute approximate surface area is 175 Å². The lowest BCUT2D eigenvalue weighted by Gasteiger charge is -2.15. The number of hydrogen-bond donors (Lipinski definition) is 2. The largest absolute Gasteiger partial charge is 0.448 e. The Kier molecular flexibility index (Phi) is 7.54. The molecule has 2 heterocycles. The van der Waals surface area contributed by atoms with E-state index in [-0.39, 0.29) is 24.9 Å². The molecule has 3 rings (SSSR count). The number of rotatable bonds is 6. The molecule has 0 aliphatic carbocycles. The van der Waals surface area contributed by atoms with Crippen LogP contribution in [-0.4, -0.2) is 28.0 Å². The van der Waals surface area contributed by atoms with Gasteiger partial charge in [0.15, 0.2) is 5.65 Å².